The van der Waals surface area contributed by atoms with E-state index in [1.165, 1.54) is 0 Å². The fraction of sp³-hybridized carbons (Fsp3) is 0.727. The van der Waals surface area contributed by atoms with E-state index in [1.807, 2.05) is 6.92 Å². The summed E-state index contributed by atoms with van der Waals surface area (Å²) in [6.07, 6.45) is 1.49. The Labute approximate surface area is 99.8 Å². The van der Waals surface area contributed by atoms with E-state index in [-0.39, 0.29) is 30.7 Å². The van der Waals surface area contributed by atoms with Crippen molar-refractivity contribution < 1.29 is 19.5 Å². The maximum Gasteiger partial charge on any atom is 0.308 e. The van der Waals surface area contributed by atoms with Gasteiger partial charge in [0.2, 0.25) is 11.8 Å². The molecule has 2 atom stereocenters. The number of rotatable bonds is 6. The molecule has 1 aliphatic rings. The number of nitrogens with one attached hydrogen (secondary N) is 2. The first-order valence-electron chi connectivity index (χ1n) is 5.81. The highest BCUT2D eigenvalue weighted by Gasteiger charge is 2.28. The Bertz CT molecular complexity index is 317. The number of amides is 2. The molecule has 0 spiro atoms. The van der Waals surface area contributed by atoms with Crippen LogP contribution in [0.2, 0.25) is 0 Å². The smallest absolute Gasteiger partial charge is 0.308 e. The molecule has 96 valence electrons. The first kappa shape index (κ1) is 13.5. The number of hydrogen-bond acceptors (Lipinski definition) is 3. The molecule has 0 aromatic heterocycles. The summed E-state index contributed by atoms with van der Waals surface area (Å²) in [5, 5.41) is 14.1. The third-order valence-electron chi connectivity index (χ3n) is 2.86. The predicted octanol–water partition coefficient (Wildman–Crippen LogP) is -0.260. The van der Waals surface area contributed by atoms with E-state index in [1.54, 1.807) is 0 Å². The molecule has 3 N–H and O–H groups in total. The number of carboxylic acid groups (broad SMARTS) is 1. The molecule has 2 unspecified atom stereocenters. The van der Waals surface area contributed by atoms with E-state index in [0.717, 1.165) is 6.42 Å². The summed E-state index contributed by atoms with van der Waals surface area (Å²) < 4.78 is 0. The Morgan fingerprint density at radius 1 is 1.59 bits per heavy atom. The van der Waals surface area contributed by atoms with Crippen LogP contribution in [0.1, 0.15) is 26.2 Å². The van der Waals surface area contributed by atoms with Gasteiger partial charge in [0.25, 0.3) is 0 Å². The largest absolute Gasteiger partial charge is 0.481 e. The SMILES string of the molecule is CCCC(CNC(=O)C1CNC(=O)C1)C(=O)O. The Kier molecular flexibility index (Phi) is 4.93. The number of carboxylic acids is 1. The zero-order valence-corrected chi connectivity index (χ0v) is 9.86. The lowest BCUT2D eigenvalue weighted by Crippen LogP contribution is -2.37. The summed E-state index contributed by atoms with van der Waals surface area (Å²) in [6.45, 7) is 2.38. The van der Waals surface area contributed by atoms with Gasteiger partial charge in [-0.1, -0.05) is 13.3 Å². The maximum atomic E-state index is 11.6. The molecule has 1 fully saturated rings. The van der Waals surface area contributed by atoms with Gasteiger partial charge in [-0.2, -0.15) is 0 Å². The van der Waals surface area contributed by atoms with E-state index in [9.17, 15) is 14.4 Å². The van der Waals surface area contributed by atoms with Crippen molar-refractivity contribution in [3.05, 3.63) is 0 Å². The van der Waals surface area contributed by atoms with Gasteiger partial charge in [0.05, 0.1) is 11.8 Å². The summed E-state index contributed by atoms with van der Waals surface area (Å²) in [5.41, 5.74) is 0. The fourth-order valence-electron chi connectivity index (χ4n) is 1.82. The van der Waals surface area contributed by atoms with Crippen molar-refractivity contribution in [1.82, 2.24) is 10.6 Å². The predicted molar refractivity (Wildman–Crippen MR) is 60.2 cm³/mol. The van der Waals surface area contributed by atoms with Crippen LogP contribution in [0.4, 0.5) is 0 Å². The van der Waals surface area contributed by atoms with Crippen molar-refractivity contribution in [1.29, 1.82) is 0 Å². The Hall–Kier alpha value is -1.59. The van der Waals surface area contributed by atoms with Crippen LogP contribution >= 0.6 is 0 Å². The average molecular weight is 242 g/mol. The van der Waals surface area contributed by atoms with E-state index in [0.29, 0.717) is 13.0 Å². The van der Waals surface area contributed by atoms with Gasteiger partial charge in [-0.05, 0) is 6.42 Å². The first-order valence-corrected chi connectivity index (χ1v) is 5.81. The lowest BCUT2D eigenvalue weighted by atomic mass is 10.0. The Morgan fingerprint density at radius 3 is 2.76 bits per heavy atom. The van der Waals surface area contributed by atoms with Crippen molar-refractivity contribution >= 4 is 17.8 Å². The third kappa shape index (κ3) is 4.05. The molecule has 6 heteroatoms. The minimum Gasteiger partial charge on any atom is -0.481 e. The third-order valence-corrected chi connectivity index (χ3v) is 2.86. The fourth-order valence-corrected chi connectivity index (χ4v) is 1.82. The summed E-state index contributed by atoms with van der Waals surface area (Å²) in [4.78, 5) is 33.4. The standard InChI is InChI=1S/C11H18N2O4/c1-2-3-7(11(16)17)5-13-10(15)8-4-9(14)12-6-8/h7-8H,2-6H2,1H3,(H,12,14)(H,13,15)(H,16,17). The van der Waals surface area contributed by atoms with Crippen molar-refractivity contribution in [3.63, 3.8) is 0 Å². The maximum absolute atomic E-state index is 11.6. The van der Waals surface area contributed by atoms with Gasteiger partial charge in [0.1, 0.15) is 0 Å². The van der Waals surface area contributed by atoms with Gasteiger partial charge < -0.3 is 15.7 Å². The monoisotopic (exact) mass is 242 g/mol. The van der Waals surface area contributed by atoms with Crippen LogP contribution in [-0.4, -0.2) is 36.0 Å². The van der Waals surface area contributed by atoms with E-state index in [2.05, 4.69) is 10.6 Å². The topological polar surface area (TPSA) is 95.5 Å². The van der Waals surface area contributed by atoms with Crippen LogP contribution < -0.4 is 10.6 Å². The molecule has 17 heavy (non-hydrogen) atoms. The van der Waals surface area contributed by atoms with Crippen molar-refractivity contribution in [3.8, 4) is 0 Å². The minimum atomic E-state index is -0.896. The van der Waals surface area contributed by atoms with E-state index < -0.39 is 11.9 Å². The van der Waals surface area contributed by atoms with Crippen LogP contribution in [0.25, 0.3) is 0 Å². The van der Waals surface area contributed by atoms with Gasteiger partial charge in [-0.3, -0.25) is 14.4 Å². The van der Waals surface area contributed by atoms with Crippen LogP contribution in [0.15, 0.2) is 0 Å². The summed E-state index contributed by atoms with van der Waals surface area (Å²) in [6, 6.07) is 0. The van der Waals surface area contributed by atoms with Gasteiger partial charge in [0, 0.05) is 19.5 Å². The van der Waals surface area contributed by atoms with Crippen LogP contribution in [0.3, 0.4) is 0 Å². The molecule has 0 aromatic rings. The Balaban J connectivity index is 2.35. The van der Waals surface area contributed by atoms with Crippen molar-refractivity contribution in [2.45, 2.75) is 26.2 Å². The Morgan fingerprint density at radius 2 is 2.29 bits per heavy atom. The second-order valence-corrected chi connectivity index (χ2v) is 4.27. The van der Waals surface area contributed by atoms with Gasteiger partial charge in [-0.15, -0.1) is 0 Å². The van der Waals surface area contributed by atoms with Crippen LogP contribution in [-0.2, 0) is 14.4 Å². The summed E-state index contributed by atoms with van der Waals surface area (Å²) in [7, 11) is 0. The van der Waals surface area contributed by atoms with E-state index >= 15 is 0 Å². The van der Waals surface area contributed by atoms with Crippen LogP contribution in [0, 0.1) is 11.8 Å². The number of carbonyl (C=O) groups excluding carboxylic acids is 2. The molecule has 1 rings (SSSR count). The molecule has 0 bridgehead atoms. The molecule has 2 amide bonds. The second-order valence-electron chi connectivity index (χ2n) is 4.27. The van der Waals surface area contributed by atoms with Crippen molar-refractivity contribution in [2.75, 3.05) is 13.1 Å². The number of hydrogen-bond donors (Lipinski definition) is 3. The highest BCUT2D eigenvalue weighted by atomic mass is 16.4. The lowest BCUT2D eigenvalue weighted by molar-refractivity contribution is -0.142. The highest BCUT2D eigenvalue weighted by Crippen LogP contribution is 2.10. The normalized spacial score (nSPS) is 20.8. The van der Waals surface area contributed by atoms with Gasteiger partial charge in [0.15, 0.2) is 0 Å². The molecule has 0 radical (unpaired) electrons. The molecule has 0 aliphatic carbocycles. The number of carbonyl (C=O) groups is 3. The number of aliphatic carboxylic acids is 1. The highest BCUT2D eigenvalue weighted by molar-refractivity contribution is 5.89. The van der Waals surface area contributed by atoms with Gasteiger partial charge in [-0.25, -0.2) is 0 Å². The molecule has 1 heterocycles. The first-order chi connectivity index (χ1) is 8.04. The molecule has 1 saturated heterocycles. The zero-order valence-electron chi connectivity index (χ0n) is 9.86. The molecule has 6 nitrogen and oxygen atoms in total. The molecule has 0 aromatic carbocycles. The molecular formula is C11H18N2O4. The van der Waals surface area contributed by atoms with Crippen molar-refractivity contribution in [2.24, 2.45) is 11.8 Å². The summed E-state index contributed by atoms with van der Waals surface area (Å²) >= 11 is 0. The van der Waals surface area contributed by atoms with Crippen LogP contribution in [0.5, 0.6) is 0 Å². The zero-order chi connectivity index (χ0) is 12.8. The lowest BCUT2D eigenvalue weighted by Gasteiger charge is -2.14. The summed E-state index contributed by atoms with van der Waals surface area (Å²) in [5.74, 6) is -2.18. The second kappa shape index (κ2) is 6.22. The molecular weight excluding hydrogens is 224 g/mol. The van der Waals surface area contributed by atoms with Gasteiger partial charge >= 0.3 is 5.97 Å². The molecule has 1 aliphatic heterocycles. The molecule has 0 saturated carbocycles. The van der Waals surface area contributed by atoms with E-state index in [4.69, 9.17) is 5.11 Å². The minimum absolute atomic E-state index is 0.131. The quantitative estimate of drug-likeness (QED) is 0.598. The average Bonchev–Trinajstić information content (AvgIpc) is 2.70.